The van der Waals surface area contributed by atoms with Gasteiger partial charge in [0, 0.05) is 34.9 Å². The third-order valence-electron chi connectivity index (χ3n) is 3.03. The molecule has 2 aromatic heterocycles. The molecule has 2 aromatic rings. The van der Waals surface area contributed by atoms with Crippen molar-refractivity contribution in [2.45, 2.75) is 39.3 Å². The maximum atomic E-state index is 4.69. The molecule has 1 aliphatic rings. The summed E-state index contributed by atoms with van der Waals surface area (Å²) >= 11 is 1.71. The van der Waals surface area contributed by atoms with Crippen LogP contribution >= 0.6 is 11.3 Å². The minimum absolute atomic E-state index is 0.737. The Morgan fingerprint density at radius 1 is 1.22 bits per heavy atom. The van der Waals surface area contributed by atoms with Gasteiger partial charge in [0.05, 0.1) is 5.69 Å². The van der Waals surface area contributed by atoms with Gasteiger partial charge >= 0.3 is 0 Å². The third-order valence-corrected chi connectivity index (χ3v) is 3.97. The van der Waals surface area contributed by atoms with Gasteiger partial charge in [0.2, 0.25) is 0 Å². The standard InChI is InChI=1S/C14H17N3S/c1-9-5-11(6-10(2)16-9)14-17-13(8-18-14)7-15-12-3-4-12/h5-6,8,12,15H,3-4,7H2,1-2H3. The van der Waals surface area contributed by atoms with Crippen molar-refractivity contribution in [2.24, 2.45) is 0 Å². The average molecular weight is 259 g/mol. The second-order valence-corrected chi connectivity index (χ2v) is 5.80. The lowest BCUT2D eigenvalue weighted by Gasteiger charge is -2.01. The van der Waals surface area contributed by atoms with Crippen molar-refractivity contribution in [2.75, 3.05) is 0 Å². The van der Waals surface area contributed by atoms with Crippen molar-refractivity contribution in [1.29, 1.82) is 0 Å². The minimum atomic E-state index is 0.737. The van der Waals surface area contributed by atoms with Crippen molar-refractivity contribution in [3.63, 3.8) is 0 Å². The molecule has 0 saturated heterocycles. The van der Waals surface area contributed by atoms with Gasteiger partial charge in [-0.05, 0) is 38.8 Å². The first-order chi connectivity index (χ1) is 8.70. The third kappa shape index (κ3) is 2.76. The Hall–Kier alpha value is -1.26. The summed E-state index contributed by atoms with van der Waals surface area (Å²) in [5.74, 6) is 0. The monoisotopic (exact) mass is 259 g/mol. The molecule has 0 aromatic carbocycles. The van der Waals surface area contributed by atoms with Crippen LogP contribution in [0.4, 0.5) is 0 Å². The Morgan fingerprint density at radius 2 is 1.94 bits per heavy atom. The second kappa shape index (κ2) is 4.78. The number of aromatic nitrogens is 2. The molecule has 0 aliphatic heterocycles. The Labute approximate surface area is 111 Å². The molecule has 1 fully saturated rings. The SMILES string of the molecule is Cc1cc(-c2nc(CNC3CC3)cs2)cc(C)n1. The highest BCUT2D eigenvalue weighted by Gasteiger charge is 2.20. The molecule has 18 heavy (non-hydrogen) atoms. The highest BCUT2D eigenvalue weighted by atomic mass is 32.1. The first kappa shape index (κ1) is 11.8. The van der Waals surface area contributed by atoms with E-state index in [1.54, 1.807) is 11.3 Å². The lowest BCUT2D eigenvalue weighted by Crippen LogP contribution is -2.15. The van der Waals surface area contributed by atoms with E-state index in [0.717, 1.165) is 34.7 Å². The maximum absolute atomic E-state index is 4.69. The molecule has 0 unspecified atom stereocenters. The van der Waals surface area contributed by atoms with Crippen LogP contribution in [0.25, 0.3) is 10.6 Å². The summed E-state index contributed by atoms with van der Waals surface area (Å²) in [5, 5.41) is 6.73. The summed E-state index contributed by atoms with van der Waals surface area (Å²) in [5.41, 5.74) is 4.44. The number of hydrogen-bond acceptors (Lipinski definition) is 4. The van der Waals surface area contributed by atoms with E-state index in [4.69, 9.17) is 4.98 Å². The van der Waals surface area contributed by atoms with Crippen LogP contribution in [0.3, 0.4) is 0 Å². The zero-order chi connectivity index (χ0) is 12.5. The molecule has 0 atom stereocenters. The Morgan fingerprint density at radius 3 is 2.61 bits per heavy atom. The smallest absolute Gasteiger partial charge is 0.123 e. The highest BCUT2D eigenvalue weighted by molar-refractivity contribution is 7.13. The number of nitrogens with zero attached hydrogens (tertiary/aromatic N) is 2. The van der Waals surface area contributed by atoms with Gasteiger partial charge < -0.3 is 5.32 Å². The van der Waals surface area contributed by atoms with Gasteiger partial charge in [0.1, 0.15) is 5.01 Å². The molecule has 0 radical (unpaired) electrons. The zero-order valence-corrected chi connectivity index (χ0v) is 11.5. The van der Waals surface area contributed by atoms with Crippen LogP contribution in [-0.2, 0) is 6.54 Å². The summed E-state index contributed by atoms with van der Waals surface area (Å²) in [7, 11) is 0. The van der Waals surface area contributed by atoms with Crippen LogP contribution in [0.2, 0.25) is 0 Å². The van der Waals surface area contributed by atoms with Gasteiger partial charge in [-0.15, -0.1) is 11.3 Å². The van der Waals surface area contributed by atoms with E-state index < -0.39 is 0 Å². The molecular weight excluding hydrogens is 242 g/mol. The van der Waals surface area contributed by atoms with Crippen molar-refractivity contribution in [3.8, 4) is 10.6 Å². The molecule has 94 valence electrons. The van der Waals surface area contributed by atoms with Crippen LogP contribution in [-0.4, -0.2) is 16.0 Å². The van der Waals surface area contributed by atoms with Gasteiger partial charge in [-0.25, -0.2) is 4.98 Å². The molecule has 0 spiro atoms. The van der Waals surface area contributed by atoms with Crippen molar-refractivity contribution in [3.05, 3.63) is 34.6 Å². The van der Waals surface area contributed by atoms with E-state index in [-0.39, 0.29) is 0 Å². The topological polar surface area (TPSA) is 37.8 Å². The largest absolute Gasteiger partial charge is 0.308 e. The number of pyridine rings is 1. The molecule has 1 aliphatic carbocycles. The van der Waals surface area contributed by atoms with Crippen molar-refractivity contribution in [1.82, 2.24) is 15.3 Å². The first-order valence-corrected chi connectivity index (χ1v) is 7.22. The lowest BCUT2D eigenvalue weighted by atomic mass is 10.2. The Bertz CT molecular complexity index is 538. The van der Waals surface area contributed by atoms with Gasteiger partial charge in [-0.1, -0.05) is 0 Å². The predicted molar refractivity (Wildman–Crippen MR) is 74.7 cm³/mol. The molecule has 3 rings (SSSR count). The van der Waals surface area contributed by atoms with Crippen LogP contribution in [0.1, 0.15) is 29.9 Å². The van der Waals surface area contributed by atoms with Crippen LogP contribution < -0.4 is 5.32 Å². The van der Waals surface area contributed by atoms with E-state index in [2.05, 4.69) is 27.8 Å². The van der Waals surface area contributed by atoms with Crippen molar-refractivity contribution < 1.29 is 0 Å². The fourth-order valence-corrected chi connectivity index (χ4v) is 2.82. The first-order valence-electron chi connectivity index (χ1n) is 6.34. The van der Waals surface area contributed by atoms with E-state index in [1.807, 2.05) is 13.8 Å². The molecule has 3 nitrogen and oxygen atoms in total. The molecule has 1 N–H and O–H groups in total. The number of hydrogen-bond donors (Lipinski definition) is 1. The quantitative estimate of drug-likeness (QED) is 0.917. The summed E-state index contributed by atoms with van der Waals surface area (Å²) in [6, 6.07) is 4.94. The van der Waals surface area contributed by atoms with Crippen LogP contribution in [0.15, 0.2) is 17.5 Å². The van der Waals surface area contributed by atoms with Gasteiger partial charge in [0.25, 0.3) is 0 Å². The Kier molecular flexibility index (Phi) is 3.14. The fraction of sp³-hybridized carbons (Fsp3) is 0.429. The number of thiazole rings is 1. The maximum Gasteiger partial charge on any atom is 0.123 e. The average Bonchev–Trinajstić information content (AvgIpc) is 3.02. The van der Waals surface area contributed by atoms with E-state index in [1.165, 1.54) is 18.4 Å². The molecular formula is C14H17N3S. The summed E-state index contributed by atoms with van der Waals surface area (Å²) < 4.78 is 0. The van der Waals surface area contributed by atoms with Gasteiger partial charge in [0.15, 0.2) is 0 Å². The second-order valence-electron chi connectivity index (χ2n) is 4.94. The molecule has 0 amide bonds. The number of aryl methyl sites for hydroxylation is 2. The molecule has 1 saturated carbocycles. The summed E-state index contributed by atoms with van der Waals surface area (Å²) in [6.07, 6.45) is 2.64. The fourth-order valence-electron chi connectivity index (χ4n) is 2.02. The predicted octanol–water partition coefficient (Wildman–Crippen LogP) is 3.07. The number of rotatable bonds is 4. The lowest BCUT2D eigenvalue weighted by molar-refractivity contribution is 0.678. The molecule has 0 bridgehead atoms. The zero-order valence-electron chi connectivity index (χ0n) is 10.7. The van der Waals surface area contributed by atoms with Crippen LogP contribution in [0, 0.1) is 13.8 Å². The Balaban J connectivity index is 1.78. The number of nitrogens with one attached hydrogen (secondary N) is 1. The summed E-state index contributed by atoms with van der Waals surface area (Å²) in [4.78, 5) is 9.09. The molecule has 2 heterocycles. The normalized spacial score (nSPS) is 15.0. The minimum Gasteiger partial charge on any atom is -0.308 e. The molecule has 4 heteroatoms. The van der Waals surface area contributed by atoms with Gasteiger partial charge in [-0.3, -0.25) is 4.98 Å². The highest BCUT2D eigenvalue weighted by Crippen LogP contribution is 2.25. The van der Waals surface area contributed by atoms with E-state index in [9.17, 15) is 0 Å². The van der Waals surface area contributed by atoms with E-state index >= 15 is 0 Å². The summed E-state index contributed by atoms with van der Waals surface area (Å²) in [6.45, 7) is 4.95. The van der Waals surface area contributed by atoms with Gasteiger partial charge in [-0.2, -0.15) is 0 Å². The van der Waals surface area contributed by atoms with Crippen LogP contribution in [0.5, 0.6) is 0 Å². The van der Waals surface area contributed by atoms with E-state index in [0.29, 0.717) is 0 Å². The van der Waals surface area contributed by atoms with Crippen molar-refractivity contribution >= 4 is 11.3 Å².